The predicted molar refractivity (Wildman–Crippen MR) is 150 cm³/mol. The van der Waals surface area contributed by atoms with Gasteiger partial charge in [0.25, 0.3) is 0 Å². The van der Waals surface area contributed by atoms with Crippen LogP contribution < -0.4 is 10.2 Å². The molecule has 0 spiro atoms. The number of thiol groups is 2. The van der Waals surface area contributed by atoms with E-state index in [0.29, 0.717) is 24.3 Å². The zero-order valence-electron chi connectivity index (χ0n) is 21.0. The van der Waals surface area contributed by atoms with Crippen LogP contribution in [-0.2, 0) is 22.4 Å². The summed E-state index contributed by atoms with van der Waals surface area (Å²) in [5, 5.41) is 21.1. The van der Waals surface area contributed by atoms with Gasteiger partial charge in [-0.05, 0) is 35.5 Å². The van der Waals surface area contributed by atoms with Gasteiger partial charge in [-0.3, -0.25) is 0 Å². The van der Waals surface area contributed by atoms with Gasteiger partial charge >= 0.3 is 69.5 Å². The van der Waals surface area contributed by atoms with E-state index in [2.05, 4.69) is 39.1 Å². The Hall–Kier alpha value is -1.12. The Morgan fingerprint density at radius 2 is 1.06 bits per heavy atom. The molecule has 2 unspecified atom stereocenters. The zero-order valence-corrected chi connectivity index (χ0v) is 25.7. The van der Waals surface area contributed by atoms with Crippen molar-refractivity contribution in [3.05, 3.63) is 71.8 Å². The smallest absolute Gasteiger partial charge is 0.0456 e. The van der Waals surface area contributed by atoms with Gasteiger partial charge in [-0.1, -0.05) is 60.7 Å². The van der Waals surface area contributed by atoms with Crippen molar-refractivity contribution in [2.24, 2.45) is 11.8 Å². The van der Waals surface area contributed by atoms with Gasteiger partial charge in [0.15, 0.2) is 0 Å². The van der Waals surface area contributed by atoms with Gasteiger partial charge in [0.05, 0.1) is 0 Å². The summed E-state index contributed by atoms with van der Waals surface area (Å²) in [6.45, 7) is 4.58. The Kier molecular flexibility index (Phi) is 22.5. The molecule has 7 heteroatoms. The molecule has 0 fully saturated rings. The Morgan fingerprint density at radius 1 is 0.714 bits per heavy atom. The molecule has 2 atom stereocenters. The quantitative estimate of drug-likeness (QED) is 0.188. The van der Waals surface area contributed by atoms with E-state index in [4.69, 9.17) is 0 Å². The molecule has 0 radical (unpaired) electrons. The molecule has 0 aliphatic carbocycles. The number of benzene rings is 2. The minimum Gasteiger partial charge on any atom is -0.550 e. The van der Waals surface area contributed by atoms with Gasteiger partial charge in [-0.15, -0.1) is 0 Å². The van der Waals surface area contributed by atoms with Crippen LogP contribution in [0.3, 0.4) is 0 Å². The third-order valence-electron chi connectivity index (χ3n) is 5.17. The van der Waals surface area contributed by atoms with E-state index >= 15 is 0 Å². The molecule has 0 aromatic heterocycles. The molecule has 4 nitrogen and oxygen atoms in total. The Labute approximate surface area is 233 Å². The van der Waals surface area contributed by atoms with Gasteiger partial charge in [0.2, 0.25) is 0 Å². The molecular formula is C28H40O4S2Sn. The van der Waals surface area contributed by atoms with Crippen LogP contribution in [0.25, 0.3) is 0 Å². The van der Waals surface area contributed by atoms with Crippen molar-refractivity contribution in [3.63, 3.8) is 0 Å². The molecule has 2 rings (SSSR count). The van der Waals surface area contributed by atoms with Gasteiger partial charge < -0.3 is 19.8 Å². The summed E-state index contributed by atoms with van der Waals surface area (Å²) in [4.78, 5) is 21.1. The summed E-state index contributed by atoms with van der Waals surface area (Å²) >= 11 is 8.08. The molecule has 0 N–H and O–H groups in total. The normalized spacial score (nSPS) is 11.5. The maximum absolute atomic E-state index is 10.6. The SMILES string of the molecule is CCC[CH2][Sn+2][CH2]CCC.O=C([O-])C(CS)Cc1ccccc1.O=C([O-])C(CS)Cc1ccccc1. The number of hydrogen-bond donors (Lipinski definition) is 2. The van der Waals surface area contributed by atoms with E-state index in [1.54, 1.807) is 8.87 Å². The fraction of sp³-hybridized carbons (Fsp3) is 0.500. The second kappa shape index (κ2) is 23.3. The van der Waals surface area contributed by atoms with Crippen molar-refractivity contribution in [1.29, 1.82) is 0 Å². The summed E-state index contributed by atoms with van der Waals surface area (Å²) in [6.07, 6.45) is 6.82. The van der Waals surface area contributed by atoms with E-state index in [1.165, 1.54) is 25.7 Å². The standard InChI is InChI=1S/2C10H12O2S.2C4H9.Sn/c2*11-10(12)9(7-13)6-8-4-2-1-3-5-8;2*1-3-4-2;/h2*1-5,9,13H,6-7H2,(H,11,12);2*1,3-4H2,2H3;/q;;;;+2/p-2. The number of carbonyl (C=O) groups is 2. The largest absolute Gasteiger partial charge is 0.550 e. The summed E-state index contributed by atoms with van der Waals surface area (Å²) in [5.74, 6) is -2.41. The van der Waals surface area contributed by atoms with E-state index < -0.39 is 23.8 Å². The van der Waals surface area contributed by atoms with Crippen LogP contribution in [0, 0.1) is 11.8 Å². The molecule has 0 heterocycles. The predicted octanol–water partition coefficient (Wildman–Crippen LogP) is 4.18. The molecule has 192 valence electrons. The van der Waals surface area contributed by atoms with Crippen molar-refractivity contribution in [2.45, 2.75) is 61.2 Å². The Bertz CT molecular complexity index is 710. The first-order valence-electron chi connectivity index (χ1n) is 12.3. The van der Waals surface area contributed by atoms with E-state index in [-0.39, 0.29) is 21.1 Å². The molecule has 0 aliphatic heterocycles. The van der Waals surface area contributed by atoms with Gasteiger partial charge in [0.1, 0.15) is 0 Å². The molecule has 0 aliphatic rings. The van der Waals surface area contributed by atoms with E-state index in [0.717, 1.165) is 11.1 Å². The van der Waals surface area contributed by atoms with Crippen LogP contribution in [0.1, 0.15) is 50.7 Å². The van der Waals surface area contributed by atoms with Crippen molar-refractivity contribution in [3.8, 4) is 0 Å². The molecule has 2 aromatic carbocycles. The van der Waals surface area contributed by atoms with Crippen LogP contribution in [0.5, 0.6) is 0 Å². The maximum Gasteiger partial charge on any atom is 0.0456 e. The number of rotatable bonds is 14. The fourth-order valence-corrected chi connectivity index (χ4v) is 7.69. The third-order valence-corrected chi connectivity index (χ3v) is 10.1. The topological polar surface area (TPSA) is 80.3 Å². The minimum atomic E-state index is -1.03. The molecule has 0 amide bonds. The number of carbonyl (C=O) groups excluding carboxylic acids is 2. The zero-order chi connectivity index (χ0) is 26.3. The molecule has 0 bridgehead atoms. The number of carboxylic acids is 2. The maximum atomic E-state index is 10.6. The van der Waals surface area contributed by atoms with Crippen molar-refractivity contribution in [1.82, 2.24) is 0 Å². The third kappa shape index (κ3) is 18.8. The minimum absolute atomic E-state index is 0.149. The average molecular weight is 623 g/mol. The van der Waals surface area contributed by atoms with E-state index in [9.17, 15) is 19.8 Å². The van der Waals surface area contributed by atoms with Crippen molar-refractivity contribution in [2.75, 3.05) is 11.5 Å². The number of unbranched alkanes of at least 4 members (excludes halogenated alkanes) is 2. The van der Waals surface area contributed by atoms with Crippen molar-refractivity contribution >= 4 is 58.3 Å². The second-order valence-electron chi connectivity index (χ2n) is 8.23. The van der Waals surface area contributed by atoms with Crippen molar-refractivity contribution < 1.29 is 19.8 Å². The van der Waals surface area contributed by atoms with Gasteiger partial charge in [0, 0.05) is 23.8 Å². The summed E-state index contributed by atoms with van der Waals surface area (Å²) in [7, 11) is 0. The van der Waals surface area contributed by atoms with Gasteiger partial charge in [-0.25, -0.2) is 0 Å². The van der Waals surface area contributed by atoms with E-state index in [1.807, 2.05) is 60.7 Å². The molecule has 0 saturated carbocycles. The van der Waals surface area contributed by atoms with Crippen LogP contribution in [0.4, 0.5) is 0 Å². The Balaban J connectivity index is 0.000000506. The molecule has 35 heavy (non-hydrogen) atoms. The molecule has 0 saturated heterocycles. The van der Waals surface area contributed by atoms with Gasteiger partial charge in [-0.2, -0.15) is 25.3 Å². The summed E-state index contributed by atoms with van der Waals surface area (Å²) < 4.78 is 3.25. The van der Waals surface area contributed by atoms with Crippen LogP contribution >= 0.6 is 25.3 Å². The van der Waals surface area contributed by atoms with Crippen LogP contribution in [0.15, 0.2) is 60.7 Å². The summed E-state index contributed by atoms with van der Waals surface area (Å²) in [5.41, 5.74) is 2.01. The van der Waals surface area contributed by atoms with Crippen LogP contribution in [0.2, 0.25) is 8.87 Å². The fourth-order valence-electron chi connectivity index (χ4n) is 2.97. The second-order valence-corrected chi connectivity index (χ2v) is 13.2. The summed E-state index contributed by atoms with van der Waals surface area (Å²) in [6, 6.07) is 19.0. The number of aliphatic carboxylic acids is 2. The average Bonchev–Trinajstić information content (AvgIpc) is 2.87. The first kappa shape index (κ1) is 33.9. The van der Waals surface area contributed by atoms with Crippen LogP contribution in [-0.4, -0.2) is 44.6 Å². The number of hydrogen-bond acceptors (Lipinski definition) is 6. The Morgan fingerprint density at radius 3 is 1.31 bits per heavy atom. The molecular weight excluding hydrogens is 583 g/mol. The first-order chi connectivity index (χ1) is 16.9. The molecule has 2 aromatic rings. The monoisotopic (exact) mass is 624 g/mol. The first-order valence-corrected chi connectivity index (χ1v) is 17.6. The number of carboxylic acid groups (broad SMARTS) is 2.